The second-order valence-electron chi connectivity index (χ2n) is 6.68. The SMILES string of the molecule is CCOCCCNC(=O)c1ccc(S(=O)(=O)NC(=O)c2ccc(C(=O)NCCO)nc2)cc1. The molecule has 1 aromatic heterocycles. The molecule has 11 nitrogen and oxygen atoms in total. The maximum atomic E-state index is 12.5. The number of sulfonamides is 1. The van der Waals surface area contributed by atoms with E-state index < -0.39 is 21.8 Å². The Labute approximate surface area is 191 Å². The normalized spacial score (nSPS) is 11.0. The van der Waals surface area contributed by atoms with Crippen molar-refractivity contribution in [2.45, 2.75) is 18.2 Å². The standard InChI is InChI=1S/C21H26N4O7S/c1-2-32-13-3-10-22-19(27)15-4-7-17(8-5-15)33(30,31)25-20(28)16-6-9-18(24-14-16)21(29)23-11-12-26/h4-9,14,26H,2-3,10-13H2,1H3,(H,22,27)(H,23,29)(H,25,28). The number of benzene rings is 1. The zero-order valence-electron chi connectivity index (χ0n) is 18.0. The predicted octanol–water partition coefficient (Wildman–Crippen LogP) is 0.0788. The summed E-state index contributed by atoms with van der Waals surface area (Å²) in [5.74, 6) is -1.82. The lowest BCUT2D eigenvalue weighted by Gasteiger charge is -2.09. The van der Waals surface area contributed by atoms with Gasteiger partial charge in [-0.15, -0.1) is 0 Å². The maximum absolute atomic E-state index is 12.5. The number of carbonyl (C=O) groups is 3. The van der Waals surface area contributed by atoms with Crippen molar-refractivity contribution in [1.29, 1.82) is 0 Å². The molecule has 0 aliphatic heterocycles. The van der Waals surface area contributed by atoms with E-state index in [0.29, 0.717) is 26.2 Å². The van der Waals surface area contributed by atoms with Gasteiger partial charge in [0.2, 0.25) is 0 Å². The monoisotopic (exact) mass is 478 g/mol. The Balaban J connectivity index is 1.97. The van der Waals surface area contributed by atoms with Crippen LogP contribution in [0.25, 0.3) is 0 Å². The minimum absolute atomic E-state index is 0.00890. The second-order valence-corrected chi connectivity index (χ2v) is 8.36. The van der Waals surface area contributed by atoms with E-state index in [2.05, 4.69) is 15.6 Å². The zero-order valence-corrected chi connectivity index (χ0v) is 18.9. The van der Waals surface area contributed by atoms with E-state index in [4.69, 9.17) is 9.84 Å². The second kappa shape index (κ2) is 12.6. The number of hydrogen-bond acceptors (Lipinski definition) is 8. The summed E-state index contributed by atoms with van der Waals surface area (Å²) in [6.45, 7) is 3.25. The molecule has 0 atom stereocenters. The Morgan fingerprint density at radius 3 is 2.21 bits per heavy atom. The van der Waals surface area contributed by atoms with Gasteiger partial charge in [-0.05, 0) is 49.7 Å². The fraction of sp³-hybridized carbons (Fsp3) is 0.333. The molecule has 3 amide bonds. The number of nitrogens with zero attached hydrogens (tertiary/aromatic N) is 1. The summed E-state index contributed by atoms with van der Waals surface area (Å²) < 4.78 is 32.1. The van der Waals surface area contributed by atoms with Gasteiger partial charge in [-0.25, -0.2) is 13.1 Å². The number of hydrogen-bond donors (Lipinski definition) is 4. The largest absolute Gasteiger partial charge is 0.395 e. The van der Waals surface area contributed by atoms with Crippen LogP contribution in [-0.2, 0) is 14.8 Å². The highest BCUT2D eigenvalue weighted by atomic mass is 32.2. The van der Waals surface area contributed by atoms with Gasteiger partial charge < -0.3 is 20.5 Å². The van der Waals surface area contributed by atoms with Crippen LogP contribution in [0.1, 0.15) is 44.5 Å². The molecule has 178 valence electrons. The molecule has 1 aromatic carbocycles. The third-order valence-corrected chi connectivity index (χ3v) is 5.61. The molecule has 33 heavy (non-hydrogen) atoms. The fourth-order valence-electron chi connectivity index (χ4n) is 2.57. The lowest BCUT2D eigenvalue weighted by Crippen LogP contribution is -2.31. The van der Waals surface area contributed by atoms with Crippen molar-refractivity contribution in [1.82, 2.24) is 20.3 Å². The van der Waals surface area contributed by atoms with Crippen molar-refractivity contribution < 1.29 is 32.6 Å². The van der Waals surface area contributed by atoms with Crippen LogP contribution in [-0.4, -0.2) is 69.1 Å². The molecule has 0 bridgehead atoms. The van der Waals surface area contributed by atoms with E-state index in [1.54, 1.807) is 0 Å². The minimum atomic E-state index is -4.20. The van der Waals surface area contributed by atoms with E-state index >= 15 is 0 Å². The number of pyridine rings is 1. The number of carbonyl (C=O) groups excluding carboxylic acids is 3. The number of amides is 3. The highest BCUT2D eigenvalue weighted by molar-refractivity contribution is 7.90. The number of nitrogens with one attached hydrogen (secondary N) is 3. The summed E-state index contributed by atoms with van der Waals surface area (Å²) in [4.78, 5) is 39.8. The lowest BCUT2D eigenvalue weighted by atomic mass is 10.2. The molecule has 0 saturated carbocycles. The van der Waals surface area contributed by atoms with Gasteiger partial charge in [0.05, 0.1) is 17.1 Å². The van der Waals surface area contributed by atoms with Gasteiger partial charge in [0.25, 0.3) is 27.7 Å². The van der Waals surface area contributed by atoms with Crippen molar-refractivity contribution in [3.63, 3.8) is 0 Å². The molecule has 0 aliphatic carbocycles. The molecule has 2 rings (SSSR count). The molecule has 0 radical (unpaired) electrons. The average Bonchev–Trinajstić information content (AvgIpc) is 2.82. The Morgan fingerprint density at radius 2 is 1.61 bits per heavy atom. The van der Waals surface area contributed by atoms with Crippen molar-refractivity contribution in [2.24, 2.45) is 0 Å². The quantitative estimate of drug-likeness (QED) is 0.312. The third kappa shape index (κ3) is 7.93. The molecule has 4 N–H and O–H groups in total. The Hall–Kier alpha value is -3.35. The highest BCUT2D eigenvalue weighted by Crippen LogP contribution is 2.12. The number of aliphatic hydroxyl groups excluding tert-OH is 1. The fourth-order valence-corrected chi connectivity index (χ4v) is 3.54. The maximum Gasteiger partial charge on any atom is 0.269 e. The Morgan fingerprint density at radius 1 is 0.939 bits per heavy atom. The first-order valence-corrected chi connectivity index (χ1v) is 11.6. The van der Waals surface area contributed by atoms with Gasteiger partial charge in [-0.1, -0.05) is 0 Å². The van der Waals surface area contributed by atoms with Crippen molar-refractivity contribution in [3.05, 3.63) is 59.4 Å². The third-order valence-electron chi connectivity index (χ3n) is 4.26. The number of rotatable bonds is 12. The molecule has 0 unspecified atom stereocenters. The zero-order chi connectivity index (χ0) is 24.3. The van der Waals surface area contributed by atoms with Crippen molar-refractivity contribution >= 4 is 27.7 Å². The molecular formula is C21H26N4O7S. The van der Waals surface area contributed by atoms with Gasteiger partial charge in [-0.3, -0.25) is 19.4 Å². The van der Waals surface area contributed by atoms with Crippen LogP contribution in [0.2, 0.25) is 0 Å². The number of ether oxygens (including phenoxy) is 1. The van der Waals surface area contributed by atoms with Gasteiger partial charge >= 0.3 is 0 Å². The summed E-state index contributed by atoms with van der Waals surface area (Å²) >= 11 is 0. The van der Waals surface area contributed by atoms with Crippen LogP contribution in [0, 0.1) is 0 Å². The van der Waals surface area contributed by atoms with Gasteiger partial charge in [0.15, 0.2) is 0 Å². The van der Waals surface area contributed by atoms with Crippen LogP contribution in [0.4, 0.5) is 0 Å². The summed E-state index contributed by atoms with van der Waals surface area (Å²) in [6.07, 6.45) is 1.72. The minimum Gasteiger partial charge on any atom is -0.395 e. The number of aromatic nitrogens is 1. The van der Waals surface area contributed by atoms with Gasteiger partial charge in [0.1, 0.15) is 5.69 Å². The van der Waals surface area contributed by atoms with E-state index in [1.165, 1.54) is 36.4 Å². The van der Waals surface area contributed by atoms with E-state index in [1.807, 2.05) is 11.6 Å². The van der Waals surface area contributed by atoms with Crippen LogP contribution in [0.15, 0.2) is 47.5 Å². The van der Waals surface area contributed by atoms with Gasteiger partial charge in [0, 0.05) is 38.1 Å². The predicted molar refractivity (Wildman–Crippen MR) is 118 cm³/mol. The van der Waals surface area contributed by atoms with Gasteiger partial charge in [-0.2, -0.15) is 0 Å². The van der Waals surface area contributed by atoms with Crippen LogP contribution in [0.3, 0.4) is 0 Å². The topological polar surface area (TPSA) is 164 Å². The molecule has 0 aliphatic rings. The number of aliphatic hydroxyl groups is 1. The molecular weight excluding hydrogens is 452 g/mol. The summed E-state index contributed by atoms with van der Waals surface area (Å²) in [5.41, 5.74) is 0.214. The molecule has 0 spiro atoms. The first-order chi connectivity index (χ1) is 15.8. The Bertz CT molecular complexity index is 1060. The molecule has 0 saturated heterocycles. The highest BCUT2D eigenvalue weighted by Gasteiger charge is 2.20. The molecule has 1 heterocycles. The average molecular weight is 479 g/mol. The van der Waals surface area contributed by atoms with Crippen LogP contribution >= 0.6 is 0 Å². The van der Waals surface area contributed by atoms with Crippen molar-refractivity contribution in [2.75, 3.05) is 32.9 Å². The van der Waals surface area contributed by atoms with Crippen molar-refractivity contribution in [3.8, 4) is 0 Å². The van der Waals surface area contributed by atoms with E-state index in [9.17, 15) is 22.8 Å². The lowest BCUT2D eigenvalue weighted by molar-refractivity contribution is 0.0933. The summed E-state index contributed by atoms with van der Waals surface area (Å²) in [5, 5.41) is 13.8. The summed E-state index contributed by atoms with van der Waals surface area (Å²) in [6, 6.07) is 7.65. The van der Waals surface area contributed by atoms with E-state index in [0.717, 1.165) is 6.20 Å². The molecule has 12 heteroatoms. The van der Waals surface area contributed by atoms with Crippen LogP contribution < -0.4 is 15.4 Å². The van der Waals surface area contributed by atoms with E-state index in [-0.39, 0.29) is 40.8 Å². The molecule has 0 fully saturated rings. The first-order valence-electron chi connectivity index (χ1n) is 10.2. The molecule has 2 aromatic rings. The first kappa shape index (κ1) is 25.9. The Kier molecular flexibility index (Phi) is 9.91. The summed E-state index contributed by atoms with van der Waals surface area (Å²) in [7, 11) is -4.20. The smallest absolute Gasteiger partial charge is 0.269 e. The van der Waals surface area contributed by atoms with Crippen LogP contribution in [0.5, 0.6) is 0 Å².